The van der Waals surface area contributed by atoms with Gasteiger partial charge in [0.05, 0.1) is 5.92 Å². The number of phenols is 1. The van der Waals surface area contributed by atoms with E-state index in [4.69, 9.17) is 4.74 Å². The Balaban J connectivity index is 1.30. The molecule has 1 atom stereocenters. The molecular weight excluding hydrogens is 342 g/mol. The average Bonchev–Trinajstić information content (AvgIpc) is 2.75. The molecule has 0 radical (unpaired) electrons. The summed E-state index contributed by atoms with van der Waals surface area (Å²) in [5.41, 5.74) is 1.11. The molecule has 3 aliphatic rings. The molecule has 27 heavy (non-hydrogen) atoms. The zero-order valence-corrected chi connectivity index (χ0v) is 16.1. The van der Waals surface area contributed by atoms with E-state index in [0.29, 0.717) is 17.7 Å². The van der Waals surface area contributed by atoms with Crippen molar-refractivity contribution in [3.05, 3.63) is 24.3 Å². The number of benzene rings is 1. The maximum Gasteiger partial charge on any atom is 0.227 e. The number of ether oxygens (including phenoxy) is 1. The van der Waals surface area contributed by atoms with Crippen LogP contribution in [0.2, 0.25) is 0 Å². The van der Waals surface area contributed by atoms with Crippen molar-refractivity contribution in [3.63, 3.8) is 0 Å². The van der Waals surface area contributed by atoms with Crippen molar-refractivity contribution in [1.82, 2.24) is 9.80 Å². The smallest absolute Gasteiger partial charge is 0.227 e. The van der Waals surface area contributed by atoms with Crippen LogP contribution < -0.4 is 4.90 Å². The first-order chi connectivity index (χ1) is 13.2. The van der Waals surface area contributed by atoms with Gasteiger partial charge in [0.1, 0.15) is 5.75 Å². The van der Waals surface area contributed by atoms with E-state index >= 15 is 0 Å². The number of anilines is 1. The molecule has 3 aliphatic heterocycles. The number of rotatable bonds is 3. The Morgan fingerprint density at radius 1 is 0.963 bits per heavy atom. The monoisotopic (exact) mass is 373 g/mol. The lowest BCUT2D eigenvalue weighted by Crippen LogP contribution is -2.54. The molecule has 0 bridgehead atoms. The van der Waals surface area contributed by atoms with Crippen molar-refractivity contribution >= 4 is 11.6 Å². The van der Waals surface area contributed by atoms with Gasteiger partial charge < -0.3 is 19.6 Å². The maximum atomic E-state index is 13.1. The van der Waals surface area contributed by atoms with Crippen molar-refractivity contribution < 1.29 is 14.6 Å². The molecule has 3 saturated heterocycles. The number of piperazine rings is 1. The lowest BCUT2D eigenvalue weighted by Gasteiger charge is -2.42. The number of likely N-dealkylation sites (tertiary alicyclic amines) is 1. The van der Waals surface area contributed by atoms with Gasteiger partial charge in [-0.1, -0.05) is 0 Å². The van der Waals surface area contributed by atoms with E-state index < -0.39 is 0 Å². The molecule has 1 amide bonds. The van der Waals surface area contributed by atoms with E-state index in [0.717, 1.165) is 83.9 Å². The molecule has 1 aromatic carbocycles. The van der Waals surface area contributed by atoms with Crippen molar-refractivity contribution in [3.8, 4) is 5.75 Å². The highest BCUT2D eigenvalue weighted by Gasteiger charge is 2.33. The minimum Gasteiger partial charge on any atom is -0.508 e. The summed E-state index contributed by atoms with van der Waals surface area (Å²) >= 11 is 0. The topological polar surface area (TPSA) is 56.2 Å². The molecular formula is C21H31N3O3. The van der Waals surface area contributed by atoms with E-state index in [2.05, 4.69) is 14.7 Å². The lowest BCUT2D eigenvalue weighted by molar-refractivity contribution is -0.138. The van der Waals surface area contributed by atoms with E-state index in [9.17, 15) is 9.90 Å². The molecule has 1 N–H and O–H groups in total. The van der Waals surface area contributed by atoms with Crippen molar-refractivity contribution in [2.45, 2.75) is 31.7 Å². The van der Waals surface area contributed by atoms with Crippen LogP contribution >= 0.6 is 0 Å². The SMILES string of the molecule is O=C([C@H]1CCCN(C2CCOCC2)C1)N1CCN(c2ccc(O)cc2)CC1. The molecule has 1 aromatic rings. The van der Waals surface area contributed by atoms with Gasteiger partial charge in [-0.3, -0.25) is 9.69 Å². The lowest BCUT2D eigenvalue weighted by atomic mass is 9.93. The predicted octanol–water partition coefficient (Wildman–Crippen LogP) is 1.93. The summed E-state index contributed by atoms with van der Waals surface area (Å²) in [5, 5.41) is 9.45. The zero-order chi connectivity index (χ0) is 18.6. The summed E-state index contributed by atoms with van der Waals surface area (Å²) in [6.45, 7) is 7.05. The molecule has 6 nitrogen and oxygen atoms in total. The minimum absolute atomic E-state index is 0.154. The van der Waals surface area contributed by atoms with Crippen LogP contribution in [-0.2, 0) is 9.53 Å². The van der Waals surface area contributed by atoms with Gasteiger partial charge in [0.15, 0.2) is 0 Å². The second kappa shape index (κ2) is 8.48. The molecule has 6 heteroatoms. The number of amides is 1. The number of carbonyl (C=O) groups excluding carboxylic acids is 1. The Bertz CT molecular complexity index is 622. The largest absolute Gasteiger partial charge is 0.508 e. The van der Waals surface area contributed by atoms with Crippen LogP contribution in [0.25, 0.3) is 0 Å². The fourth-order valence-electron chi connectivity index (χ4n) is 4.70. The molecule has 0 aromatic heterocycles. The number of hydrogen-bond acceptors (Lipinski definition) is 5. The molecule has 3 fully saturated rings. The zero-order valence-electron chi connectivity index (χ0n) is 16.1. The standard InChI is InChI=1S/C21H31N3O3/c25-20-5-3-18(4-6-20)22-10-12-23(13-11-22)21(26)17-2-1-9-24(16-17)19-7-14-27-15-8-19/h3-6,17,19,25H,1-2,7-16H2/t17-/m0/s1. The van der Waals surface area contributed by atoms with Crippen molar-refractivity contribution in [1.29, 1.82) is 0 Å². The van der Waals surface area contributed by atoms with Crippen LogP contribution in [0.15, 0.2) is 24.3 Å². The van der Waals surface area contributed by atoms with Crippen LogP contribution in [0.3, 0.4) is 0 Å². The quantitative estimate of drug-likeness (QED) is 0.877. The summed E-state index contributed by atoms with van der Waals surface area (Å²) in [6.07, 6.45) is 4.36. The van der Waals surface area contributed by atoms with E-state index in [1.807, 2.05) is 12.1 Å². The summed E-state index contributed by atoms with van der Waals surface area (Å²) < 4.78 is 5.49. The number of carbonyl (C=O) groups is 1. The second-order valence-corrected chi connectivity index (χ2v) is 8.01. The minimum atomic E-state index is 0.154. The Morgan fingerprint density at radius 3 is 2.37 bits per heavy atom. The van der Waals surface area contributed by atoms with Gasteiger partial charge in [-0.2, -0.15) is 0 Å². The van der Waals surface area contributed by atoms with Gasteiger partial charge in [-0.15, -0.1) is 0 Å². The Morgan fingerprint density at radius 2 is 1.67 bits per heavy atom. The first kappa shape index (κ1) is 18.6. The molecule has 4 rings (SSSR count). The maximum absolute atomic E-state index is 13.1. The molecule has 3 heterocycles. The fourth-order valence-corrected chi connectivity index (χ4v) is 4.70. The van der Waals surface area contributed by atoms with Gasteiger partial charge in [-0.25, -0.2) is 0 Å². The van der Waals surface area contributed by atoms with E-state index in [1.54, 1.807) is 12.1 Å². The second-order valence-electron chi connectivity index (χ2n) is 8.01. The Labute approximate surface area is 161 Å². The molecule has 0 saturated carbocycles. The summed E-state index contributed by atoms with van der Waals surface area (Å²) in [7, 11) is 0. The highest BCUT2D eigenvalue weighted by Crippen LogP contribution is 2.26. The first-order valence-electron chi connectivity index (χ1n) is 10.4. The number of phenolic OH excluding ortho intramolecular Hbond substituents is 1. The highest BCUT2D eigenvalue weighted by atomic mass is 16.5. The number of piperidine rings is 1. The first-order valence-corrected chi connectivity index (χ1v) is 10.4. The average molecular weight is 373 g/mol. The van der Waals surface area contributed by atoms with Gasteiger partial charge in [-0.05, 0) is 56.5 Å². The Kier molecular flexibility index (Phi) is 5.83. The van der Waals surface area contributed by atoms with Gasteiger partial charge >= 0.3 is 0 Å². The summed E-state index contributed by atoms with van der Waals surface area (Å²) in [6, 6.07) is 7.93. The van der Waals surface area contributed by atoms with Gasteiger partial charge in [0, 0.05) is 57.7 Å². The highest BCUT2D eigenvalue weighted by molar-refractivity contribution is 5.79. The van der Waals surface area contributed by atoms with Crippen LogP contribution in [0.1, 0.15) is 25.7 Å². The fraction of sp³-hybridized carbons (Fsp3) is 0.667. The van der Waals surface area contributed by atoms with Gasteiger partial charge in [0.25, 0.3) is 0 Å². The van der Waals surface area contributed by atoms with Crippen molar-refractivity contribution in [2.75, 3.05) is 57.4 Å². The summed E-state index contributed by atoms with van der Waals surface area (Å²) in [4.78, 5) is 20.0. The van der Waals surface area contributed by atoms with E-state index in [-0.39, 0.29) is 5.92 Å². The predicted molar refractivity (Wildman–Crippen MR) is 105 cm³/mol. The van der Waals surface area contributed by atoms with Crippen LogP contribution in [0.4, 0.5) is 5.69 Å². The molecule has 148 valence electrons. The van der Waals surface area contributed by atoms with Crippen LogP contribution in [-0.4, -0.2) is 79.3 Å². The third kappa shape index (κ3) is 4.38. The number of aromatic hydroxyl groups is 1. The number of hydrogen-bond donors (Lipinski definition) is 1. The normalized spacial score (nSPS) is 25.6. The van der Waals surface area contributed by atoms with Crippen LogP contribution in [0, 0.1) is 5.92 Å². The van der Waals surface area contributed by atoms with Gasteiger partial charge in [0.2, 0.25) is 5.91 Å². The van der Waals surface area contributed by atoms with Crippen molar-refractivity contribution in [2.24, 2.45) is 5.92 Å². The molecule has 0 spiro atoms. The van der Waals surface area contributed by atoms with E-state index in [1.165, 1.54) is 0 Å². The molecule has 0 unspecified atom stereocenters. The Hall–Kier alpha value is -1.79. The third-order valence-electron chi connectivity index (χ3n) is 6.32. The molecule has 0 aliphatic carbocycles. The third-order valence-corrected chi connectivity index (χ3v) is 6.32. The summed E-state index contributed by atoms with van der Waals surface area (Å²) in [5.74, 6) is 0.790. The van der Waals surface area contributed by atoms with Crippen LogP contribution in [0.5, 0.6) is 5.75 Å². The number of nitrogens with zero attached hydrogens (tertiary/aromatic N) is 3.